The highest BCUT2D eigenvalue weighted by Gasteiger charge is 2.27. The first-order valence-electron chi connectivity index (χ1n) is 8.95. The predicted molar refractivity (Wildman–Crippen MR) is 93.1 cm³/mol. The normalized spacial score (nSPS) is 25.9. The van der Waals surface area contributed by atoms with Gasteiger partial charge in [-0.15, -0.1) is 0 Å². The highest BCUT2D eigenvalue weighted by atomic mass is 16.5. The molecule has 0 bridgehead atoms. The van der Waals surface area contributed by atoms with Gasteiger partial charge in [0, 0.05) is 32.2 Å². The number of fused-ring (bicyclic) bond motifs is 1. The Kier molecular flexibility index (Phi) is 4.37. The van der Waals surface area contributed by atoms with E-state index in [1.807, 2.05) is 24.9 Å². The van der Waals surface area contributed by atoms with Gasteiger partial charge in [-0.3, -0.25) is 9.58 Å². The smallest absolute Gasteiger partial charge is 0.156 e. The number of hydrogen-bond acceptors (Lipinski definition) is 6. The maximum absolute atomic E-state index is 5.47. The lowest BCUT2D eigenvalue weighted by Crippen LogP contribution is -2.46. The van der Waals surface area contributed by atoms with Crippen molar-refractivity contribution in [1.29, 1.82) is 0 Å². The number of aromatic nitrogens is 4. The van der Waals surface area contributed by atoms with E-state index in [-0.39, 0.29) is 0 Å². The molecule has 7 heteroatoms. The number of nitrogens with one attached hydrogen (secondary N) is 1. The highest BCUT2D eigenvalue weighted by molar-refractivity contribution is 5.85. The van der Waals surface area contributed by atoms with Crippen molar-refractivity contribution in [2.24, 2.45) is 7.05 Å². The first-order valence-corrected chi connectivity index (χ1v) is 8.95. The zero-order chi connectivity index (χ0) is 16.5. The second kappa shape index (κ2) is 6.64. The van der Waals surface area contributed by atoms with Crippen LogP contribution in [-0.4, -0.2) is 63.0 Å². The fraction of sp³-hybridized carbons (Fsp3) is 0.706. The van der Waals surface area contributed by atoms with Gasteiger partial charge in [0.05, 0.1) is 19.4 Å². The largest absolute Gasteiger partial charge is 0.379 e. The lowest BCUT2D eigenvalue weighted by Gasteiger charge is -2.39. The van der Waals surface area contributed by atoms with E-state index in [0.29, 0.717) is 6.04 Å². The SMILES string of the molecule is Cc1nc(NC2CCC(N3CCOCC3)CC2)c2c(cnn2C)n1. The van der Waals surface area contributed by atoms with Gasteiger partial charge in [-0.1, -0.05) is 0 Å². The zero-order valence-electron chi connectivity index (χ0n) is 14.5. The molecule has 0 atom stereocenters. The standard InChI is InChI=1S/C17H26N6O/c1-12-19-15-11-18-22(2)16(15)17(20-12)21-13-3-5-14(6-4-13)23-7-9-24-10-8-23/h11,13-14H,3-10H2,1-2H3,(H,19,20,21). The van der Waals surface area contributed by atoms with Crippen LogP contribution in [0, 0.1) is 6.92 Å². The molecule has 1 aliphatic heterocycles. The Balaban J connectivity index is 1.43. The van der Waals surface area contributed by atoms with Crippen molar-refractivity contribution in [3.8, 4) is 0 Å². The number of ether oxygens (including phenoxy) is 1. The molecule has 0 amide bonds. The number of rotatable bonds is 3. The van der Waals surface area contributed by atoms with Gasteiger partial charge in [0.2, 0.25) is 0 Å². The van der Waals surface area contributed by atoms with Crippen LogP contribution < -0.4 is 5.32 Å². The molecule has 1 saturated heterocycles. The van der Waals surface area contributed by atoms with Crippen molar-refractivity contribution in [3.63, 3.8) is 0 Å². The van der Waals surface area contributed by atoms with E-state index in [2.05, 4.69) is 25.3 Å². The van der Waals surface area contributed by atoms with Gasteiger partial charge in [-0.2, -0.15) is 5.10 Å². The van der Waals surface area contributed by atoms with Gasteiger partial charge in [-0.05, 0) is 32.6 Å². The number of morpholine rings is 1. The van der Waals surface area contributed by atoms with Crippen molar-refractivity contribution in [1.82, 2.24) is 24.6 Å². The molecule has 2 aromatic heterocycles. The summed E-state index contributed by atoms with van der Waals surface area (Å²) >= 11 is 0. The van der Waals surface area contributed by atoms with Crippen LogP contribution in [0.15, 0.2) is 6.20 Å². The average Bonchev–Trinajstić information content (AvgIpc) is 2.97. The van der Waals surface area contributed by atoms with Crippen LogP contribution in [0.5, 0.6) is 0 Å². The van der Waals surface area contributed by atoms with Gasteiger partial charge < -0.3 is 10.1 Å². The van der Waals surface area contributed by atoms with Crippen LogP contribution in [0.4, 0.5) is 5.82 Å². The number of nitrogens with zero attached hydrogens (tertiary/aromatic N) is 5. The zero-order valence-corrected chi connectivity index (χ0v) is 14.5. The first-order chi connectivity index (χ1) is 11.7. The molecule has 2 fully saturated rings. The maximum atomic E-state index is 5.47. The Morgan fingerprint density at radius 2 is 1.88 bits per heavy atom. The molecule has 2 aromatic rings. The first kappa shape index (κ1) is 15.8. The average molecular weight is 330 g/mol. The molecule has 1 N–H and O–H groups in total. The minimum Gasteiger partial charge on any atom is -0.379 e. The van der Waals surface area contributed by atoms with E-state index in [1.54, 1.807) is 0 Å². The Bertz CT molecular complexity index is 700. The summed E-state index contributed by atoms with van der Waals surface area (Å²) in [5.74, 6) is 1.72. The second-order valence-corrected chi connectivity index (χ2v) is 6.92. The van der Waals surface area contributed by atoms with E-state index in [0.717, 1.165) is 55.0 Å². The lowest BCUT2D eigenvalue weighted by atomic mass is 9.90. The molecule has 130 valence electrons. The minimum atomic E-state index is 0.481. The molecule has 7 nitrogen and oxygen atoms in total. The van der Waals surface area contributed by atoms with E-state index in [1.165, 1.54) is 25.7 Å². The van der Waals surface area contributed by atoms with Gasteiger partial charge >= 0.3 is 0 Å². The molecule has 24 heavy (non-hydrogen) atoms. The number of hydrogen-bond donors (Lipinski definition) is 1. The highest BCUT2D eigenvalue weighted by Crippen LogP contribution is 2.28. The molecule has 2 aliphatic rings. The summed E-state index contributed by atoms with van der Waals surface area (Å²) in [6.45, 7) is 5.88. The summed E-state index contributed by atoms with van der Waals surface area (Å²) < 4.78 is 7.33. The quantitative estimate of drug-likeness (QED) is 0.924. The third-order valence-electron chi connectivity index (χ3n) is 5.30. The van der Waals surface area contributed by atoms with E-state index >= 15 is 0 Å². The minimum absolute atomic E-state index is 0.481. The van der Waals surface area contributed by atoms with E-state index in [9.17, 15) is 0 Å². The lowest BCUT2D eigenvalue weighted by molar-refractivity contribution is 0.00791. The molecular weight excluding hydrogens is 304 g/mol. The van der Waals surface area contributed by atoms with Gasteiger partial charge in [0.15, 0.2) is 5.82 Å². The van der Waals surface area contributed by atoms with Crippen LogP contribution >= 0.6 is 0 Å². The Morgan fingerprint density at radius 3 is 2.62 bits per heavy atom. The van der Waals surface area contributed by atoms with Crippen LogP contribution in [0.1, 0.15) is 31.5 Å². The molecule has 1 saturated carbocycles. The Hall–Kier alpha value is -1.73. The fourth-order valence-corrected chi connectivity index (χ4v) is 4.02. The molecule has 0 spiro atoms. The third-order valence-corrected chi connectivity index (χ3v) is 5.30. The van der Waals surface area contributed by atoms with Crippen molar-refractivity contribution < 1.29 is 4.74 Å². The molecule has 4 rings (SSSR count). The summed E-state index contributed by atoms with van der Waals surface area (Å²) in [6.07, 6.45) is 6.67. The molecule has 3 heterocycles. The molecular formula is C17H26N6O. The molecule has 0 unspecified atom stereocenters. The van der Waals surface area contributed by atoms with E-state index < -0.39 is 0 Å². The van der Waals surface area contributed by atoms with Crippen LogP contribution in [0.25, 0.3) is 11.0 Å². The summed E-state index contributed by atoms with van der Waals surface area (Å²) in [6, 6.07) is 1.20. The Labute approximate surface area is 142 Å². The maximum Gasteiger partial charge on any atom is 0.156 e. The Morgan fingerprint density at radius 1 is 1.12 bits per heavy atom. The summed E-state index contributed by atoms with van der Waals surface area (Å²) in [5, 5.41) is 7.98. The van der Waals surface area contributed by atoms with Gasteiger partial charge in [0.25, 0.3) is 0 Å². The van der Waals surface area contributed by atoms with Crippen molar-refractivity contribution in [3.05, 3.63) is 12.0 Å². The summed E-state index contributed by atoms with van der Waals surface area (Å²) in [5.41, 5.74) is 1.91. The van der Waals surface area contributed by atoms with Crippen LogP contribution in [0.3, 0.4) is 0 Å². The summed E-state index contributed by atoms with van der Waals surface area (Å²) in [7, 11) is 1.95. The number of aryl methyl sites for hydroxylation is 2. The van der Waals surface area contributed by atoms with Crippen molar-refractivity contribution in [2.45, 2.75) is 44.7 Å². The van der Waals surface area contributed by atoms with Crippen LogP contribution in [-0.2, 0) is 11.8 Å². The predicted octanol–water partition coefficient (Wildman–Crippen LogP) is 1.73. The third kappa shape index (κ3) is 3.10. The second-order valence-electron chi connectivity index (χ2n) is 6.92. The van der Waals surface area contributed by atoms with E-state index in [4.69, 9.17) is 4.74 Å². The topological polar surface area (TPSA) is 68.1 Å². The fourth-order valence-electron chi connectivity index (χ4n) is 4.02. The molecule has 0 radical (unpaired) electrons. The van der Waals surface area contributed by atoms with Crippen molar-refractivity contribution >= 4 is 16.9 Å². The number of anilines is 1. The summed E-state index contributed by atoms with van der Waals surface area (Å²) in [4.78, 5) is 11.7. The molecule has 1 aliphatic carbocycles. The van der Waals surface area contributed by atoms with Crippen molar-refractivity contribution in [2.75, 3.05) is 31.6 Å². The van der Waals surface area contributed by atoms with Crippen LogP contribution in [0.2, 0.25) is 0 Å². The van der Waals surface area contributed by atoms with Gasteiger partial charge in [0.1, 0.15) is 16.9 Å². The molecule has 0 aromatic carbocycles. The van der Waals surface area contributed by atoms with Gasteiger partial charge in [-0.25, -0.2) is 9.97 Å². The monoisotopic (exact) mass is 330 g/mol.